The van der Waals surface area contributed by atoms with E-state index in [0.29, 0.717) is 5.82 Å². The van der Waals surface area contributed by atoms with E-state index in [1.807, 2.05) is 30.5 Å². The molecule has 3 aromatic rings. The van der Waals surface area contributed by atoms with E-state index in [2.05, 4.69) is 31.2 Å². The van der Waals surface area contributed by atoms with Crippen LogP contribution in [0.1, 0.15) is 46.4 Å². The molecule has 0 saturated heterocycles. The van der Waals surface area contributed by atoms with Crippen LogP contribution >= 0.6 is 15.9 Å². The number of carbonyl (C=O) groups is 1. The van der Waals surface area contributed by atoms with Gasteiger partial charge in [-0.25, -0.2) is 9.97 Å². The topological polar surface area (TPSA) is 70.7 Å². The first kappa shape index (κ1) is 16.5. The minimum Gasteiger partial charge on any atom is -0.356 e. The number of amides is 1. The van der Waals surface area contributed by atoms with Gasteiger partial charge in [0.1, 0.15) is 0 Å². The summed E-state index contributed by atoms with van der Waals surface area (Å²) in [5.74, 6) is 0.795. The van der Waals surface area contributed by atoms with Crippen molar-refractivity contribution in [3.63, 3.8) is 0 Å². The Morgan fingerprint density at radius 1 is 1.18 bits per heavy atom. The highest BCUT2D eigenvalue weighted by Crippen LogP contribution is 2.43. The molecule has 0 atom stereocenters. The van der Waals surface area contributed by atoms with Crippen LogP contribution in [0, 0.1) is 0 Å². The van der Waals surface area contributed by atoms with Gasteiger partial charge in [-0.2, -0.15) is 0 Å². The Kier molecular flexibility index (Phi) is 3.39. The van der Waals surface area contributed by atoms with Gasteiger partial charge in [-0.1, -0.05) is 28.1 Å². The first-order chi connectivity index (χ1) is 13.6. The zero-order chi connectivity index (χ0) is 18.9. The van der Waals surface area contributed by atoms with Crippen molar-refractivity contribution in [1.82, 2.24) is 20.3 Å². The Hall–Kier alpha value is -2.47. The van der Waals surface area contributed by atoms with Crippen molar-refractivity contribution in [1.29, 1.82) is 0 Å². The third-order valence-electron chi connectivity index (χ3n) is 6.44. The smallest absolute Gasteiger partial charge is 0.253 e. The van der Waals surface area contributed by atoms with Gasteiger partial charge >= 0.3 is 0 Å². The highest BCUT2D eigenvalue weighted by atomic mass is 79.9. The van der Waals surface area contributed by atoms with Gasteiger partial charge in [-0.15, -0.1) is 0 Å². The highest BCUT2D eigenvalue weighted by molar-refractivity contribution is 9.10. The molecule has 0 unspecified atom stereocenters. The normalized spacial score (nSPS) is 18.7. The number of carbonyl (C=O) groups excluding carboxylic acids is 1. The van der Waals surface area contributed by atoms with Crippen LogP contribution in [0.15, 0.2) is 34.9 Å². The minimum absolute atomic E-state index is 0.0203. The van der Waals surface area contributed by atoms with E-state index in [9.17, 15) is 4.79 Å². The summed E-state index contributed by atoms with van der Waals surface area (Å²) in [4.78, 5) is 26.0. The summed E-state index contributed by atoms with van der Waals surface area (Å²) in [6.45, 7) is 0. The van der Waals surface area contributed by atoms with Crippen LogP contribution in [-0.2, 0) is 19.3 Å². The van der Waals surface area contributed by atoms with Crippen LogP contribution in [-0.4, -0.2) is 26.4 Å². The number of aromatic amines is 1. The lowest BCUT2D eigenvalue weighted by Crippen LogP contribution is -2.57. The maximum atomic E-state index is 12.9. The molecule has 1 spiro atoms. The Balaban J connectivity index is 1.48. The third kappa shape index (κ3) is 2.33. The Morgan fingerprint density at radius 3 is 2.86 bits per heavy atom. The first-order valence-corrected chi connectivity index (χ1v) is 10.6. The van der Waals surface area contributed by atoms with Crippen molar-refractivity contribution in [2.45, 2.75) is 44.1 Å². The van der Waals surface area contributed by atoms with Crippen LogP contribution in [0.4, 0.5) is 0 Å². The Labute approximate surface area is 171 Å². The average Bonchev–Trinajstić information content (AvgIpc) is 3.05. The summed E-state index contributed by atoms with van der Waals surface area (Å²) < 4.78 is 1.00. The molecule has 3 heterocycles. The average molecular weight is 435 g/mol. The molecule has 1 saturated carbocycles. The fourth-order valence-electron chi connectivity index (χ4n) is 4.88. The summed E-state index contributed by atoms with van der Waals surface area (Å²) in [5.41, 5.74) is 7.12. The van der Waals surface area contributed by atoms with Crippen molar-refractivity contribution < 1.29 is 4.79 Å². The number of hydrogen-bond acceptors (Lipinski definition) is 3. The van der Waals surface area contributed by atoms with Crippen molar-refractivity contribution in [3.05, 3.63) is 57.3 Å². The van der Waals surface area contributed by atoms with Crippen molar-refractivity contribution in [3.8, 4) is 22.8 Å². The molecule has 2 N–H and O–H groups in total. The standard InChI is InChI=1S/C22H19BrN4O/c23-14-4-1-3-12(9-14)20-24-11-13-5-6-15-17-16(25-19(15)18(13)26-20)10-22(7-2-8-22)27-21(17)28/h1,3-4,9,11,25H,2,5-8,10H2,(H,27,28). The molecule has 6 rings (SSSR count). The van der Waals surface area contributed by atoms with E-state index in [4.69, 9.17) is 4.98 Å². The Bertz CT molecular complexity index is 1150. The molecule has 3 aliphatic rings. The molecule has 0 bridgehead atoms. The molecule has 2 aliphatic carbocycles. The van der Waals surface area contributed by atoms with Crippen LogP contribution in [0.5, 0.6) is 0 Å². The lowest BCUT2D eigenvalue weighted by Gasteiger charge is -2.45. The summed E-state index contributed by atoms with van der Waals surface area (Å²) in [5, 5.41) is 3.29. The molecule has 140 valence electrons. The van der Waals surface area contributed by atoms with E-state index < -0.39 is 0 Å². The minimum atomic E-state index is -0.0203. The van der Waals surface area contributed by atoms with E-state index in [1.165, 1.54) is 6.42 Å². The molecule has 5 nitrogen and oxygen atoms in total. The van der Waals surface area contributed by atoms with Crippen molar-refractivity contribution in [2.24, 2.45) is 0 Å². The predicted octanol–water partition coefficient (Wildman–Crippen LogP) is 4.21. The van der Waals surface area contributed by atoms with Crippen LogP contribution in [0.25, 0.3) is 22.8 Å². The monoisotopic (exact) mass is 434 g/mol. The number of nitrogens with one attached hydrogen (secondary N) is 2. The molecule has 1 amide bonds. The zero-order valence-electron chi connectivity index (χ0n) is 15.3. The van der Waals surface area contributed by atoms with Gasteiger partial charge in [0.25, 0.3) is 5.91 Å². The molecule has 1 aliphatic heterocycles. The highest BCUT2D eigenvalue weighted by Gasteiger charge is 2.45. The van der Waals surface area contributed by atoms with Gasteiger partial charge in [0.15, 0.2) is 5.82 Å². The van der Waals surface area contributed by atoms with Crippen molar-refractivity contribution >= 4 is 21.8 Å². The van der Waals surface area contributed by atoms with Gasteiger partial charge < -0.3 is 10.3 Å². The van der Waals surface area contributed by atoms with Crippen LogP contribution in [0.2, 0.25) is 0 Å². The SMILES string of the molecule is O=C1NC2(CCC2)Cc2[nH]c3c(c21)CCc1cnc(-c2cccc(Br)c2)nc1-3. The summed E-state index contributed by atoms with van der Waals surface area (Å²) in [7, 11) is 0. The van der Waals surface area contributed by atoms with E-state index >= 15 is 0 Å². The lowest BCUT2D eigenvalue weighted by molar-refractivity contribution is 0.0793. The number of nitrogens with zero attached hydrogens (tertiary/aromatic N) is 2. The molecule has 1 aromatic carbocycles. The van der Waals surface area contributed by atoms with Gasteiger partial charge in [0, 0.05) is 33.9 Å². The van der Waals surface area contributed by atoms with Crippen LogP contribution < -0.4 is 5.32 Å². The molecular weight excluding hydrogens is 416 g/mol. The number of H-pyrrole nitrogens is 1. The molecule has 6 heteroatoms. The number of hydrogen-bond donors (Lipinski definition) is 2. The maximum absolute atomic E-state index is 12.9. The number of fused-ring (bicyclic) bond motifs is 5. The van der Waals surface area contributed by atoms with E-state index in [1.54, 1.807) is 0 Å². The number of aromatic nitrogens is 3. The van der Waals surface area contributed by atoms with Gasteiger partial charge in [0.05, 0.1) is 17.0 Å². The molecule has 2 aromatic heterocycles. The molecule has 28 heavy (non-hydrogen) atoms. The summed E-state index contributed by atoms with van der Waals surface area (Å²) in [6, 6.07) is 8.03. The second kappa shape index (κ2) is 5.77. The molecule has 0 radical (unpaired) electrons. The van der Waals surface area contributed by atoms with Crippen LogP contribution in [0.3, 0.4) is 0 Å². The van der Waals surface area contributed by atoms with Gasteiger partial charge in [-0.05, 0) is 55.4 Å². The Morgan fingerprint density at radius 2 is 2.07 bits per heavy atom. The third-order valence-corrected chi connectivity index (χ3v) is 6.93. The lowest BCUT2D eigenvalue weighted by atomic mass is 9.71. The van der Waals surface area contributed by atoms with E-state index in [0.717, 1.165) is 75.9 Å². The van der Waals surface area contributed by atoms with Gasteiger partial charge in [0.2, 0.25) is 0 Å². The molecular formula is C22H19BrN4O. The van der Waals surface area contributed by atoms with Crippen molar-refractivity contribution in [2.75, 3.05) is 0 Å². The fourth-order valence-corrected chi connectivity index (χ4v) is 5.28. The zero-order valence-corrected chi connectivity index (χ0v) is 16.9. The number of benzene rings is 1. The summed E-state index contributed by atoms with van der Waals surface area (Å²) in [6.07, 6.45) is 7.91. The quantitative estimate of drug-likeness (QED) is 0.602. The largest absolute Gasteiger partial charge is 0.356 e. The number of aryl methyl sites for hydroxylation is 1. The second-order valence-electron chi connectivity index (χ2n) is 8.17. The van der Waals surface area contributed by atoms with Gasteiger partial charge in [-0.3, -0.25) is 4.79 Å². The fraction of sp³-hybridized carbons (Fsp3) is 0.318. The predicted molar refractivity (Wildman–Crippen MR) is 110 cm³/mol. The maximum Gasteiger partial charge on any atom is 0.253 e. The number of rotatable bonds is 1. The first-order valence-electron chi connectivity index (χ1n) is 9.80. The molecule has 1 fully saturated rings. The van der Waals surface area contributed by atoms with E-state index in [-0.39, 0.29) is 11.4 Å². The number of halogens is 1. The second-order valence-corrected chi connectivity index (χ2v) is 9.09. The summed E-state index contributed by atoms with van der Waals surface area (Å²) >= 11 is 3.52.